The van der Waals surface area contributed by atoms with E-state index >= 15 is 0 Å². The number of carbonyl (C=O) groups is 2. The van der Waals surface area contributed by atoms with Gasteiger partial charge in [0.2, 0.25) is 11.8 Å². The first-order valence-electron chi connectivity index (χ1n) is 12.2. The lowest BCUT2D eigenvalue weighted by atomic mass is 9.96. The van der Waals surface area contributed by atoms with Crippen molar-refractivity contribution < 1.29 is 19.1 Å². The SMILES string of the molecule is CN(Cc1ccc(N2CCOCC2)cc1)C(=O)C1CCCN(C(=O)CCOc2ccccc2)C1. The molecule has 34 heavy (non-hydrogen) atoms. The van der Waals surface area contributed by atoms with Crippen LogP contribution in [0.2, 0.25) is 0 Å². The number of carbonyl (C=O) groups excluding carboxylic acids is 2. The summed E-state index contributed by atoms with van der Waals surface area (Å²) in [6.45, 7) is 5.46. The van der Waals surface area contributed by atoms with Gasteiger partial charge in [0.05, 0.1) is 32.2 Å². The van der Waals surface area contributed by atoms with Crippen LogP contribution in [0.4, 0.5) is 5.69 Å². The third-order valence-corrected chi connectivity index (χ3v) is 6.56. The van der Waals surface area contributed by atoms with Gasteiger partial charge in [-0.25, -0.2) is 0 Å². The maximum atomic E-state index is 13.1. The normalized spacial score (nSPS) is 18.4. The first-order valence-corrected chi connectivity index (χ1v) is 12.2. The van der Waals surface area contributed by atoms with Crippen LogP contribution in [0.1, 0.15) is 24.8 Å². The van der Waals surface area contributed by atoms with Gasteiger partial charge in [-0.2, -0.15) is 0 Å². The molecule has 2 aliphatic rings. The second-order valence-electron chi connectivity index (χ2n) is 9.05. The number of hydrogen-bond acceptors (Lipinski definition) is 5. The summed E-state index contributed by atoms with van der Waals surface area (Å²) >= 11 is 0. The van der Waals surface area contributed by atoms with E-state index in [0.29, 0.717) is 32.7 Å². The Hall–Kier alpha value is -3.06. The lowest BCUT2D eigenvalue weighted by molar-refractivity contribution is -0.140. The van der Waals surface area contributed by atoms with Crippen molar-refractivity contribution in [3.8, 4) is 5.75 Å². The third-order valence-electron chi connectivity index (χ3n) is 6.56. The number of hydrogen-bond donors (Lipinski definition) is 0. The summed E-state index contributed by atoms with van der Waals surface area (Å²) in [4.78, 5) is 31.8. The lowest BCUT2D eigenvalue weighted by Gasteiger charge is -2.34. The van der Waals surface area contributed by atoms with Crippen molar-refractivity contribution >= 4 is 17.5 Å². The fraction of sp³-hybridized carbons (Fsp3) is 0.481. The number of rotatable bonds is 8. The van der Waals surface area contributed by atoms with Crippen LogP contribution < -0.4 is 9.64 Å². The Balaban J connectivity index is 1.24. The Morgan fingerprint density at radius 2 is 1.76 bits per heavy atom. The summed E-state index contributed by atoms with van der Waals surface area (Å²) in [5.74, 6) is 0.775. The highest BCUT2D eigenvalue weighted by Gasteiger charge is 2.30. The van der Waals surface area contributed by atoms with Gasteiger partial charge in [0.25, 0.3) is 0 Å². The molecule has 2 aromatic rings. The average molecular weight is 466 g/mol. The molecule has 0 radical (unpaired) electrons. The van der Waals surface area contributed by atoms with Gasteiger partial charge >= 0.3 is 0 Å². The van der Waals surface area contributed by atoms with E-state index in [9.17, 15) is 9.59 Å². The van der Waals surface area contributed by atoms with Gasteiger partial charge in [0.15, 0.2) is 0 Å². The van der Waals surface area contributed by atoms with Crippen molar-refractivity contribution in [1.29, 1.82) is 0 Å². The molecule has 0 saturated carbocycles. The quantitative estimate of drug-likeness (QED) is 0.599. The number of nitrogens with zero attached hydrogens (tertiary/aromatic N) is 3. The van der Waals surface area contributed by atoms with Crippen LogP contribution in [-0.2, 0) is 20.9 Å². The van der Waals surface area contributed by atoms with Gasteiger partial charge in [-0.05, 0) is 42.7 Å². The van der Waals surface area contributed by atoms with Gasteiger partial charge in [-0.3, -0.25) is 9.59 Å². The maximum Gasteiger partial charge on any atom is 0.227 e. The Morgan fingerprint density at radius 3 is 2.50 bits per heavy atom. The second kappa shape index (κ2) is 11.9. The maximum absolute atomic E-state index is 13.1. The van der Waals surface area contributed by atoms with E-state index in [1.807, 2.05) is 42.3 Å². The number of ether oxygens (including phenoxy) is 2. The molecule has 7 heteroatoms. The molecule has 4 rings (SSSR count). The highest BCUT2D eigenvalue weighted by Crippen LogP contribution is 2.22. The van der Waals surface area contributed by atoms with Crippen molar-refractivity contribution in [2.75, 3.05) is 57.9 Å². The minimum atomic E-state index is -0.148. The van der Waals surface area contributed by atoms with Gasteiger partial charge in [-0.1, -0.05) is 30.3 Å². The van der Waals surface area contributed by atoms with E-state index in [1.54, 1.807) is 4.90 Å². The number of morpholine rings is 1. The van der Waals surface area contributed by atoms with Crippen molar-refractivity contribution in [1.82, 2.24) is 9.80 Å². The van der Waals surface area contributed by atoms with E-state index in [2.05, 4.69) is 29.2 Å². The van der Waals surface area contributed by atoms with E-state index in [1.165, 1.54) is 5.69 Å². The lowest BCUT2D eigenvalue weighted by Crippen LogP contribution is -2.46. The van der Waals surface area contributed by atoms with Gasteiger partial charge in [-0.15, -0.1) is 0 Å². The fourth-order valence-electron chi connectivity index (χ4n) is 4.63. The van der Waals surface area contributed by atoms with Crippen molar-refractivity contribution in [3.63, 3.8) is 0 Å². The predicted octanol–water partition coefficient (Wildman–Crippen LogP) is 3.19. The summed E-state index contributed by atoms with van der Waals surface area (Å²) in [7, 11) is 1.85. The Kier molecular flexibility index (Phi) is 8.41. The minimum Gasteiger partial charge on any atom is -0.493 e. The molecular formula is C27H35N3O4. The minimum absolute atomic E-state index is 0.0507. The molecule has 2 amide bonds. The molecule has 2 heterocycles. The summed E-state index contributed by atoms with van der Waals surface area (Å²) in [6.07, 6.45) is 1.99. The first-order chi connectivity index (χ1) is 16.6. The van der Waals surface area contributed by atoms with Crippen molar-refractivity contribution in [3.05, 3.63) is 60.2 Å². The van der Waals surface area contributed by atoms with Gasteiger partial charge in [0, 0.05) is 45.5 Å². The summed E-state index contributed by atoms with van der Waals surface area (Å²) in [6, 6.07) is 17.9. The molecule has 2 fully saturated rings. The zero-order valence-electron chi connectivity index (χ0n) is 20.0. The van der Waals surface area contributed by atoms with Crippen LogP contribution in [0.3, 0.4) is 0 Å². The van der Waals surface area contributed by atoms with Crippen LogP contribution in [0.25, 0.3) is 0 Å². The van der Waals surface area contributed by atoms with Crippen LogP contribution in [-0.4, -0.2) is 74.7 Å². The van der Waals surface area contributed by atoms with Crippen LogP contribution >= 0.6 is 0 Å². The molecule has 0 bridgehead atoms. The van der Waals surface area contributed by atoms with Crippen LogP contribution in [0.15, 0.2) is 54.6 Å². The van der Waals surface area contributed by atoms with E-state index in [4.69, 9.17) is 9.47 Å². The number of amides is 2. The topological polar surface area (TPSA) is 62.3 Å². The van der Waals surface area contributed by atoms with Crippen LogP contribution in [0, 0.1) is 5.92 Å². The third kappa shape index (κ3) is 6.50. The smallest absolute Gasteiger partial charge is 0.227 e. The molecular weight excluding hydrogens is 430 g/mol. The molecule has 182 valence electrons. The standard InChI is InChI=1S/C27H35N3O4/c1-28(20-22-9-11-24(12-10-22)29-15-18-33-19-16-29)27(32)23-6-5-14-30(21-23)26(31)13-17-34-25-7-3-2-4-8-25/h2-4,7-12,23H,5-6,13-21H2,1H3. The van der Waals surface area contributed by atoms with E-state index in [-0.39, 0.29) is 17.7 Å². The van der Waals surface area contributed by atoms with Crippen LogP contribution in [0.5, 0.6) is 5.75 Å². The molecule has 7 nitrogen and oxygen atoms in total. The number of piperidine rings is 1. The first kappa shape index (κ1) is 24.1. The monoisotopic (exact) mass is 465 g/mol. The zero-order valence-corrected chi connectivity index (χ0v) is 20.0. The highest BCUT2D eigenvalue weighted by atomic mass is 16.5. The molecule has 0 spiro atoms. The summed E-state index contributed by atoms with van der Waals surface area (Å²) in [5.41, 5.74) is 2.30. The molecule has 2 aromatic carbocycles. The average Bonchev–Trinajstić information content (AvgIpc) is 2.90. The van der Waals surface area contributed by atoms with E-state index < -0.39 is 0 Å². The Morgan fingerprint density at radius 1 is 1.03 bits per heavy atom. The highest BCUT2D eigenvalue weighted by molar-refractivity contribution is 5.81. The van der Waals surface area contributed by atoms with Crippen molar-refractivity contribution in [2.24, 2.45) is 5.92 Å². The molecule has 0 N–H and O–H groups in total. The Labute approximate surface area is 202 Å². The van der Waals surface area contributed by atoms with Gasteiger partial charge < -0.3 is 24.2 Å². The zero-order chi connectivity index (χ0) is 23.8. The van der Waals surface area contributed by atoms with Gasteiger partial charge in [0.1, 0.15) is 5.75 Å². The molecule has 0 aliphatic carbocycles. The van der Waals surface area contributed by atoms with E-state index in [0.717, 1.165) is 50.5 Å². The number of likely N-dealkylation sites (tertiary alicyclic amines) is 1. The number of anilines is 1. The number of benzene rings is 2. The summed E-state index contributed by atoms with van der Waals surface area (Å²) in [5, 5.41) is 0. The number of para-hydroxylation sites is 1. The molecule has 1 unspecified atom stereocenters. The molecule has 2 aliphatic heterocycles. The molecule has 0 aromatic heterocycles. The largest absolute Gasteiger partial charge is 0.493 e. The predicted molar refractivity (Wildman–Crippen MR) is 132 cm³/mol. The molecule has 1 atom stereocenters. The van der Waals surface area contributed by atoms with Crippen molar-refractivity contribution in [2.45, 2.75) is 25.8 Å². The fourth-order valence-corrected chi connectivity index (χ4v) is 4.63. The second-order valence-corrected chi connectivity index (χ2v) is 9.05. The molecule has 2 saturated heterocycles. The Bertz CT molecular complexity index is 929. The summed E-state index contributed by atoms with van der Waals surface area (Å²) < 4.78 is 11.1.